The smallest absolute Gasteiger partial charge is 0.0236 e. The summed E-state index contributed by atoms with van der Waals surface area (Å²) in [6.07, 6.45) is 17.2. The fraction of sp³-hybridized carbons (Fsp3) is 0.913. The van der Waals surface area contributed by atoms with Gasteiger partial charge < -0.3 is 0 Å². The van der Waals surface area contributed by atoms with E-state index in [2.05, 4.69) is 33.4 Å². The van der Waals surface area contributed by atoms with Gasteiger partial charge in [-0.15, -0.1) is 6.58 Å². The Kier molecular flexibility index (Phi) is 5.92. The van der Waals surface area contributed by atoms with Crippen molar-refractivity contribution in [2.75, 3.05) is 0 Å². The third kappa shape index (κ3) is 3.88. The van der Waals surface area contributed by atoms with Gasteiger partial charge in [0, 0.05) is 0 Å². The maximum Gasteiger partial charge on any atom is -0.0236 e. The van der Waals surface area contributed by atoms with Crippen molar-refractivity contribution in [3.63, 3.8) is 0 Å². The van der Waals surface area contributed by atoms with Crippen LogP contribution in [0.15, 0.2) is 12.7 Å². The lowest BCUT2D eigenvalue weighted by atomic mass is 9.60. The summed E-state index contributed by atoms with van der Waals surface area (Å²) in [6.45, 7) is 11.6. The Balaban J connectivity index is 1.48. The lowest BCUT2D eigenvalue weighted by molar-refractivity contribution is 0.0472. The third-order valence-electron chi connectivity index (χ3n) is 8.60. The van der Waals surface area contributed by atoms with Crippen LogP contribution in [0.1, 0.15) is 85.0 Å². The number of hydrogen-bond donors (Lipinski definition) is 0. The van der Waals surface area contributed by atoms with Crippen LogP contribution >= 0.6 is 0 Å². The molecule has 0 spiro atoms. The van der Waals surface area contributed by atoms with Gasteiger partial charge in [-0.05, 0) is 105 Å². The highest BCUT2D eigenvalue weighted by molar-refractivity contribution is 4.90. The van der Waals surface area contributed by atoms with E-state index in [1.54, 1.807) is 25.7 Å². The molecule has 3 aliphatic carbocycles. The van der Waals surface area contributed by atoms with E-state index in [-0.39, 0.29) is 0 Å². The van der Waals surface area contributed by atoms with E-state index in [0.717, 1.165) is 47.3 Å². The lowest BCUT2D eigenvalue weighted by Gasteiger charge is -2.45. The van der Waals surface area contributed by atoms with Gasteiger partial charge in [0.15, 0.2) is 0 Å². The summed E-state index contributed by atoms with van der Waals surface area (Å²) < 4.78 is 0. The minimum Gasteiger partial charge on any atom is -0.103 e. The predicted octanol–water partition coefficient (Wildman–Crippen LogP) is 7.10. The van der Waals surface area contributed by atoms with Gasteiger partial charge in [0.05, 0.1) is 0 Å². The zero-order chi connectivity index (χ0) is 16.4. The highest BCUT2D eigenvalue weighted by atomic mass is 14.4. The molecule has 0 aromatic rings. The van der Waals surface area contributed by atoms with E-state index in [1.807, 2.05) is 0 Å². The molecule has 132 valence electrons. The lowest BCUT2D eigenvalue weighted by Crippen LogP contribution is -2.36. The molecule has 0 aromatic heterocycles. The molecule has 3 fully saturated rings. The largest absolute Gasteiger partial charge is 0.103 e. The van der Waals surface area contributed by atoms with Gasteiger partial charge in [-0.3, -0.25) is 0 Å². The first-order chi connectivity index (χ1) is 11.1. The van der Waals surface area contributed by atoms with Gasteiger partial charge in [-0.2, -0.15) is 0 Å². The van der Waals surface area contributed by atoms with E-state index in [4.69, 9.17) is 0 Å². The molecule has 4 atom stereocenters. The molecule has 0 heteroatoms. The van der Waals surface area contributed by atoms with Crippen LogP contribution in [0, 0.1) is 47.3 Å². The molecule has 3 rings (SSSR count). The second-order valence-electron chi connectivity index (χ2n) is 9.52. The van der Waals surface area contributed by atoms with Crippen molar-refractivity contribution in [1.82, 2.24) is 0 Å². The SMILES string of the molecule is C=CC1CCC(C2CCC(C3CCC(C)C(C)C3C)CC2)CC1. The van der Waals surface area contributed by atoms with Gasteiger partial charge in [-0.1, -0.05) is 33.3 Å². The Labute approximate surface area is 145 Å². The summed E-state index contributed by atoms with van der Waals surface area (Å²) in [7, 11) is 0. The minimum atomic E-state index is 0.828. The maximum absolute atomic E-state index is 4.00. The number of rotatable bonds is 3. The molecule has 3 saturated carbocycles. The molecule has 0 heterocycles. The Hall–Kier alpha value is -0.260. The zero-order valence-electron chi connectivity index (χ0n) is 16.0. The Morgan fingerprint density at radius 3 is 1.70 bits per heavy atom. The molecular weight excluding hydrogens is 276 g/mol. The third-order valence-corrected chi connectivity index (χ3v) is 8.60. The molecule has 3 aliphatic rings. The Morgan fingerprint density at radius 2 is 1.13 bits per heavy atom. The van der Waals surface area contributed by atoms with Gasteiger partial charge in [0.1, 0.15) is 0 Å². The molecule has 23 heavy (non-hydrogen) atoms. The monoisotopic (exact) mass is 316 g/mol. The van der Waals surface area contributed by atoms with Gasteiger partial charge in [0.25, 0.3) is 0 Å². The summed E-state index contributed by atoms with van der Waals surface area (Å²) >= 11 is 0. The quantitative estimate of drug-likeness (QED) is 0.487. The van der Waals surface area contributed by atoms with Gasteiger partial charge >= 0.3 is 0 Å². The molecule has 0 radical (unpaired) electrons. The highest BCUT2D eigenvalue weighted by Gasteiger charge is 2.38. The van der Waals surface area contributed by atoms with Crippen LogP contribution in [-0.4, -0.2) is 0 Å². The first-order valence-electron chi connectivity index (χ1n) is 10.7. The number of hydrogen-bond acceptors (Lipinski definition) is 0. The van der Waals surface area contributed by atoms with Crippen LogP contribution in [0.4, 0.5) is 0 Å². The molecule has 0 aliphatic heterocycles. The van der Waals surface area contributed by atoms with E-state index in [1.165, 1.54) is 38.5 Å². The average molecular weight is 317 g/mol. The Morgan fingerprint density at radius 1 is 0.609 bits per heavy atom. The molecular formula is C23H40. The van der Waals surface area contributed by atoms with Gasteiger partial charge in [0.2, 0.25) is 0 Å². The van der Waals surface area contributed by atoms with Gasteiger partial charge in [-0.25, -0.2) is 0 Å². The fourth-order valence-corrected chi connectivity index (χ4v) is 6.45. The molecule has 4 unspecified atom stereocenters. The number of allylic oxidation sites excluding steroid dienone is 1. The van der Waals surface area contributed by atoms with Crippen LogP contribution in [0.2, 0.25) is 0 Å². The molecule has 0 saturated heterocycles. The first-order valence-corrected chi connectivity index (χ1v) is 10.7. The van der Waals surface area contributed by atoms with Crippen LogP contribution in [0.5, 0.6) is 0 Å². The maximum atomic E-state index is 4.00. The first kappa shape index (κ1) is 17.6. The van der Waals surface area contributed by atoms with E-state index < -0.39 is 0 Å². The summed E-state index contributed by atoms with van der Waals surface area (Å²) in [5.41, 5.74) is 0. The van der Waals surface area contributed by atoms with E-state index in [0.29, 0.717) is 0 Å². The van der Waals surface area contributed by atoms with E-state index >= 15 is 0 Å². The van der Waals surface area contributed by atoms with Crippen LogP contribution in [-0.2, 0) is 0 Å². The van der Waals surface area contributed by atoms with Crippen molar-refractivity contribution in [1.29, 1.82) is 0 Å². The second kappa shape index (κ2) is 7.75. The normalized spacial score (nSPS) is 48.8. The molecule has 0 N–H and O–H groups in total. The van der Waals surface area contributed by atoms with E-state index in [9.17, 15) is 0 Å². The Bertz CT molecular complexity index is 367. The summed E-state index contributed by atoms with van der Waals surface area (Å²) in [6, 6.07) is 0. The fourth-order valence-electron chi connectivity index (χ4n) is 6.45. The van der Waals surface area contributed by atoms with Crippen molar-refractivity contribution >= 4 is 0 Å². The summed E-state index contributed by atoms with van der Waals surface area (Å²) in [5.74, 6) is 7.90. The predicted molar refractivity (Wildman–Crippen MR) is 101 cm³/mol. The van der Waals surface area contributed by atoms with Crippen molar-refractivity contribution in [3.05, 3.63) is 12.7 Å². The second-order valence-corrected chi connectivity index (χ2v) is 9.52. The van der Waals surface area contributed by atoms with Crippen LogP contribution in [0.25, 0.3) is 0 Å². The van der Waals surface area contributed by atoms with Crippen LogP contribution in [0.3, 0.4) is 0 Å². The van der Waals surface area contributed by atoms with Crippen molar-refractivity contribution < 1.29 is 0 Å². The van der Waals surface area contributed by atoms with Crippen LogP contribution < -0.4 is 0 Å². The standard InChI is InChI=1S/C23H40/c1-5-19-7-9-20(10-8-19)21-11-13-22(14-12-21)23-15-6-16(2)17(3)18(23)4/h5,16-23H,1,6-15H2,2-4H3. The van der Waals surface area contributed by atoms with Crippen molar-refractivity contribution in [2.45, 2.75) is 85.0 Å². The summed E-state index contributed by atoms with van der Waals surface area (Å²) in [4.78, 5) is 0. The zero-order valence-corrected chi connectivity index (χ0v) is 16.0. The topological polar surface area (TPSA) is 0 Å². The molecule has 0 nitrogen and oxygen atoms in total. The average Bonchev–Trinajstić information content (AvgIpc) is 2.60. The highest BCUT2D eigenvalue weighted by Crippen LogP contribution is 2.48. The molecule has 0 aromatic carbocycles. The molecule has 0 amide bonds. The molecule has 0 bridgehead atoms. The van der Waals surface area contributed by atoms with Crippen molar-refractivity contribution in [3.8, 4) is 0 Å². The summed E-state index contributed by atoms with van der Waals surface area (Å²) in [5, 5.41) is 0. The minimum absolute atomic E-state index is 0.828. The van der Waals surface area contributed by atoms with Crippen molar-refractivity contribution in [2.24, 2.45) is 47.3 Å².